The Morgan fingerprint density at radius 2 is 1.79 bits per heavy atom. The molecule has 2 aromatic heterocycles. The molecule has 1 N–H and O–H groups in total. The third-order valence-corrected chi connectivity index (χ3v) is 7.49. The molecule has 1 atom stereocenters. The molecule has 38 heavy (non-hydrogen) atoms. The van der Waals surface area contributed by atoms with Gasteiger partial charge in [-0.3, -0.25) is 14.5 Å². The first-order valence-corrected chi connectivity index (χ1v) is 12.7. The molecule has 0 bridgehead atoms. The molecule has 1 aliphatic rings. The first kappa shape index (κ1) is 25.3. The van der Waals surface area contributed by atoms with E-state index in [1.165, 1.54) is 43.6 Å². The first-order chi connectivity index (χ1) is 18.3. The molecular weight excluding hydrogens is 508 g/mol. The van der Waals surface area contributed by atoms with Gasteiger partial charge in [-0.05, 0) is 60.9 Å². The first-order valence-electron chi connectivity index (χ1n) is 11.9. The van der Waals surface area contributed by atoms with Gasteiger partial charge in [0.25, 0.3) is 5.91 Å². The number of aryl methyl sites for hydroxylation is 2. The summed E-state index contributed by atoms with van der Waals surface area (Å²) in [6.07, 6.45) is 0.851. The van der Waals surface area contributed by atoms with E-state index in [9.17, 15) is 14.7 Å². The third-order valence-electron chi connectivity index (χ3n) is 6.48. The maximum Gasteiger partial charge on any atom is 0.296 e. The van der Waals surface area contributed by atoms with Crippen molar-refractivity contribution in [2.75, 3.05) is 26.2 Å². The number of carbonyl (C=O) groups is 2. The number of aromatic nitrogens is 1. The van der Waals surface area contributed by atoms with E-state index in [0.717, 1.165) is 16.7 Å². The molecule has 0 aliphatic carbocycles. The summed E-state index contributed by atoms with van der Waals surface area (Å²) in [7, 11) is 4.43. The number of ether oxygens (including phenoxy) is 3. The summed E-state index contributed by atoms with van der Waals surface area (Å²) in [6, 6.07) is 11.3. The highest BCUT2D eigenvalue weighted by Gasteiger charge is 2.47. The van der Waals surface area contributed by atoms with E-state index in [0.29, 0.717) is 39.2 Å². The lowest BCUT2D eigenvalue weighted by Crippen LogP contribution is -2.31. The van der Waals surface area contributed by atoms with Gasteiger partial charge < -0.3 is 23.7 Å². The lowest BCUT2D eigenvalue weighted by Gasteiger charge is -2.25. The number of furan rings is 1. The lowest BCUT2D eigenvalue weighted by molar-refractivity contribution is -0.117. The number of Topliss-reactive ketones (excluding diaryl/α,β-unsaturated/α-hetero) is 1. The summed E-state index contributed by atoms with van der Waals surface area (Å²) in [6.45, 7) is 3.77. The van der Waals surface area contributed by atoms with Crippen LogP contribution in [-0.2, 0) is 11.2 Å². The van der Waals surface area contributed by atoms with Gasteiger partial charge in [0.15, 0.2) is 28.1 Å². The van der Waals surface area contributed by atoms with Crippen molar-refractivity contribution in [3.63, 3.8) is 0 Å². The molecule has 0 saturated heterocycles. The van der Waals surface area contributed by atoms with Crippen molar-refractivity contribution in [2.45, 2.75) is 26.3 Å². The number of carbonyl (C=O) groups excluding carboxylic acids is 2. The van der Waals surface area contributed by atoms with Crippen molar-refractivity contribution in [1.29, 1.82) is 0 Å². The SMILES string of the molecule is CCc1ccc2nc(N3C(=O)C(O)=C(C(=O)c4ccc(C)o4)[C@@H]3c3cc(OC)c(OC)c(OC)c3)sc2c1. The maximum absolute atomic E-state index is 13.7. The van der Waals surface area contributed by atoms with Gasteiger partial charge in [-0.1, -0.05) is 24.3 Å². The van der Waals surface area contributed by atoms with Gasteiger partial charge >= 0.3 is 0 Å². The van der Waals surface area contributed by atoms with Gasteiger partial charge in [0, 0.05) is 0 Å². The van der Waals surface area contributed by atoms with Crippen molar-refractivity contribution in [2.24, 2.45) is 0 Å². The molecule has 10 heteroatoms. The molecule has 9 nitrogen and oxygen atoms in total. The van der Waals surface area contributed by atoms with E-state index in [4.69, 9.17) is 18.6 Å². The minimum Gasteiger partial charge on any atom is -0.503 e. The predicted molar refractivity (Wildman–Crippen MR) is 143 cm³/mol. The maximum atomic E-state index is 13.7. The molecule has 5 rings (SSSR count). The van der Waals surface area contributed by atoms with Crippen LogP contribution in [0, 0.1) is 6.92 Å². The van der Waals surface area contributed by atoms with Gasteiger partial charge in [0.1, 0.15) is 5.76 Å². The number of hydrogen-bond acceptors (Lipinski definition) is 9. The molecule has 3 heterocycles. The zero-order chi connectivity index (χ0) is 27.1. The molecular formula is C28H26N2O7S. The van der Waals surface area contributed by atoms with Crippen LogP contribution in [0.25, 0.3) is 10.2 Å². The predicted octanol–water partition coefficient (Wildman–Crippen LogP) is 5.57. The molecule has 1 amide bonds. The van der Waals surface area contributed by atoms with Crippen LogP contribution < -0.4 is 19.1 Å². The van der Waals surface area contributed by atoms with Gasteiger partial charge in [-0.2, -0.15) is 0 Å². The normalized spacial score (nSPS) is 15.4. The van der Waals surface area contributed by atoms with Crippen LogP contribution in [0.4, 0.5) is 5.13 Å². The molecule has 0 saturated carbocycles. The van der Waals surface area contributed by atoms with Crippen LogP contribution in [0.5, 0.6) is 17.2 Å². The largest absolute Gasteiger partial charge is 0.503 e. The van der Waals surface area contributed by atoms with Crippen LogP contribution >= 0.6 is 11.3 Å². The van der Waals surface area contributed by atoms with Crippen molar-refractivity contribution < 1.29 is 33.3 Å². The Hall–Kier alpha value is -4.31. The Morgan fingerprint density at radius 3 is 2.37 bits per heavy atom. The molecule has 0 spiro atoms. The average molecular weight is 535 g/mol. The number of amides is 1. The van der Waals surface area contributed by atoms with Crippen LogP contribution in [0.3, 0.4) is 0 Å². The zero-order valence-electron chi connectivity index (χ0n) is 21.5. The second-order valence-corrected chi connectivity index (χ2v) is 9.70. The summed E-state index contributed by atoms with van der Waals surface area (Å²) in [5.41, 5.74) is 2.16. The quantitative estimate of drug-likeness (QED) is 0.292. The van der Waals surface area contributed by atoms with Gasteiger partial charge in [-0.25, -0.2) is 4.98 Å². The number of rotatable bonds is 8. The van der Waals surface area contributed by atoms with Crippen molar-refractivity contribution >= 4 is 38.4 Å². The van der Waals surface area contributed by atoms with E-state index in [2.05, 4.69) is 11.9 Å². The number of aliphatic hydroxyl groups is 1. The summed E-state index contributed by atoms with van der Waals surface area (Å²) in [4.78, 5) is 33.3. The molecule has 2 aromatic carbocycles. The Kier molecular flexibility index (Phi) is 6.58. The number of hydrogen-bond donors (Lipinski definition) is 1. The topological polar surface area (TPSA) is 111 Å². The fourth-order valence-corrected chi connectivity index (χ4v) is 5.63. The Labute approximate surface area is 222 Å². The Bertz CT molecular complexity index is 1570. The lowest BCUT2D eigenvalue weighted by atomic mass is 9.94. The molecule has 0 fully saturated rings. The fourth-order valence-electron chi connectivity index (χ4n) is 4.58. The third kappa shape index (κ3) is 4.06. The number of anilines is 1. The number of fused-ring (bicyclic) bond motifs is 1. The van der Waals surface area contributed by atoms with Crippen LogP contribution in [0.1, 0.15) is 40.4 Å². The second kappa shape index (κ2) is 9.86. The average Bonchev–Trinajstić information content (AvgIpc) is 3.62. The Morgan fingerprint density at radius 1 is 1.08 bits per heavy atom. The summed E-state index contributed by atoms with van der Waals surface area (Å²) >= 11 is 1.30. The van der Waals surface area contributed by atoms with Crippen LogP contribution in [0.15, 0.2) is 58.2 Å². The standard InChI is InChI=1S/C28H26N2O7S/c1-6-15-8-9-17-21(11-15)38-28(29-17)30-23(16-12-19(34-3)26(36-5)20(13-16)35-4)22(25(32)27(30)33)24(31)18-10-7-14(2)37-18/h7-13,23,32H,6H2,1-5H3/t23-/m0/s1. The number of methoxy groups -OCH3 is 3. The van der Waals surface area contributed by atoms with E-state index in [-0.39, 0.29) is 11.3 Å². The zero-order valence-corrected chi connectivity index (χ0v) is 22.3. The van der Waals surface area contributed by atoms with Crippen molar-refractivity contribution in [3.8, 4) is 17.2 Å². The van der Waals surface area contributed by atoms with E-state index in [1.807, 2.05) is 18.2 Å². The van der Waals surface area contributed by atoms with Crippen LogP contribution in [0.2, 0.25) is 0 Å². The number of ketones is 1. The van der Waals surface area contributed by atoms with E-state index >= 15 is 0 Å². The molecule has 0 unspecified atom stereocenters. The highest BCUT2D eigenvalue weighted by Crippen LogP contribution is 2.48. The number of thiazole rings is 1. The number of aliphatic hydroxyl groups excluding tert-OH is 1. The molecule has 4 aromatic rings. The second-order valence-electron chi connectivity index (χ2n) is 8.69. The fraction of sp³-hybridized carbons (Fsp3) is 0.250. The highest BCUT2D eigenvalue weighted by atomic mass is 32.1. The van der Waals surface area contributed by atoms with Gasteiger partial charge in [-0.15, -0.1) is 0 Å². The monoisotopic (exact) mass is 534 g/mol. The summed E-state index contributed by atoms with van der Waals surface area (Å²) in [5, 5.41) is 11.4. The van der Waals surface area contributed by atoms with Gasteiger partial charge in [0.2, 0.25) is 11.5 Å². The molecule has 1 aliphatic heterocycles. The van der Waals surface area contributed by atoms with E-state index < -0.39 is 23.5 Å². The molecule has 196 valence electrons. The molecule has 0 radical (unpaired) electrons. The minimum atomic E-state index is -1.04. The number of nitrogens with zero attached hydrogens (tertiary/aromatic N) is 2. The summed E-state index contributed by atoms with van der Waals surface area (Å²) < 4.78 is 23.0. The Balaban J connectivity index is 1.73. The van der Waals surface area contributed by atoms with Gasteiger partial charge in [0.05, 0.1) is 43.2 Å². The number of benzene rings is 2. The van der Waals surface area contributed by atoms with Crippen molar-refractivity contribution in [3.05, 3.63) is 76.4 Å². The minimum absolute atomic E-state index is 0.00743. The van der Waals surface area contributed by atoms with Crippen LogP contribution in [-0.4, -0.2) is 43.1 Å². The smallest absolute Gasteiger partial charge is 0.296 e. The van der Waals surface area contributed by atoms with Crippen molar-refractivity contribution in [1.82, 2.24) is 4.98 Å². The highest BCUT2D eigenvalue weighted by molar-refractivity contribution is 7.22. The van der Waals surface area contributed by atoms with E-state index in [1.54, 1.807) is 25.1 Å². The summed E-state index contributed by atoms with van der Waals surface area (Å²) in [5.74, 6) is -0.480.